The largest absolute Gasteiger partial charge is 0.481 e. The van der Waals surface area contributed by atoms with E-state index < -0.39 is 5.97 Å². The molecule has 0 amide bonds. The second kappa shape index (κ2) is 4.81. The molecule has 5 heteroatoms. The first kappa shape index (κ1) is 13.5. The summed E-state index contributed by atoms with van der Waals surface area (Å²) in [6, 6.07) is 8.03. The third-order valence-electron chi connectivity index (χ3n) is 4.01. The molecule has 0 saturated heterocycles. The zero-order valence-electron chi connectivity index (χ0n) is 11.7. The smallest absolute Gasteiger partial charge is 0.313 e. The number of thioether (sulfide) groups is 1. The van der Waals surface area contributed by atoms with Crippen molar-refractivity contribution in [2.24, 2.45) is 5.92 Å². The monoisotopic (exact) mass is 290 g/mol. The summed E-state index contributed by atoms with van der Waals surface area (Å²) in [4.78, 5) is 15.5. The Bertz CT molecular complexity index is 659. The minimum atomic E-state index is -0.808. The molecule has 0 aliphatic heterocycles. The van der Waals surface area contributed by atoms with Gasteiger partial charge in [-0.15, -0.1) is 0 Å². The van der Waals surface area contributed by atoms with Crippen molar-refractivity contribution < 1.29 is 9.90 Å². The first-order valence-electron chi connectivity index (χ1n) is 6.82. The second-order valence-corrected chi connectivity index (χ2v) is 6.77. The normalized spacial score (nSPS) is 15.7. The van der Waals surface area contributed by atoms with Gasteiger partial charge in [-0.2, -0.15) is 0 Å². The van der Waals surface area contributed by atoms with E-state index in [0.717, 1.165) is 16.2 Å². The maximum atomic E-state index is 10.8. The minimum absolute atomic E-state index is 0.0169. The van der Waals surface area contributed by atoms with Crippen molar-refractivity contribution in [1.82, 2.24) is 9.55 Å². The second-order valence-electron chi connectivity index (χ2n) is 5.83. The zero-order chi connectivity index (χ0) is 14.3. The van der Waals surface area contributed by atoms with E-state index in [0.29, 0.717) is 5.92 Å². The highest BCUT2D eigenvalue weighted by atomic mass is 32.2. The SMILES string of the molecule is CC(C)(C1CC1)n1c(SCC(=O)O)nc2ccccc21. The molecule has 4 nitrogen and oxygen atoms in total. The molecule has 0 unspecified atom stereocenters. The molecule has 2 aromatic rings. The molecule has 1 aromatic heterocycles. The number of rotatable bonds is 5. The molecular weight excluding hydrogens is 272 g/mol. The summed E-state index contributed by atoms with van der Waals surface area (Å²) in [5.41, 5.74) is 2.02. The van der Waals surface area contributed by atoms with Crippen LogP contribution in [0.2, 0.25) is 0 Å². The van der Waals surface area contributed by atoms with Gasteiger partial charge < -0.3 is 9.67 Å². The van der Waals surface area contributed by atoms with Gasteiger partial charge in [0, 0.05) is 5.54 Å². The third kappa shape index (κ3) is 2.30. The summed E-state index contributed by atoms with van der Waals surface area (Å²) < 4.78 is 2.23. The Morgan fingerprint density at radius 3 is 2.80 bits per heavy atom. The molecule has 0 atom stereocenters. The average Bonchev–Trinajstić information content (AvgIpc) is 3.17. The summed E-state index contributed by atoms with van der Waals surface area (Å²) in [6.07, 6.45) is 2.48. The van der Waals surface area contributed by atoms with Crippen LogP contribution in [0.15, 0.2) is 29.4 Å². The number of hydrogen-bond acceptors (Lipinski definition) is 3. The van der Waals surface area contributed by atoms with Gasteiger partial charge in [0.15, 0.2) is 5.16 Å². The maximum Gasteiger partial charge on any atom is 0.313 e. The molecule has 1 heterocycles. The van der Waals surface area contributed by atoms with Gasteiger partial charge in [-0.3, -0.25) is 4.79 Å². The van der Waals surface area contributed by atoms with E-state index in [-0.39, 0.29) is 11.3 Å². The molecule has 1 aliphatic carbocycles. The third-order valence-corrected chi connectivity index (χ3v) is 4.93. The number of benzene rings is 1. The number of imidazole rings is 1. The van der Waals surface area contributed by atoms with Crippen molar-refractivity contribution in [2.45, 2.75) is 37.4 Å². The van der Waals surface area contributed by atoms with Crippen molar-refractivity contribution >= 4 is 28.8 Å². The lowest BCUT2D eigenvalue weighted by Gasteiger charge is -2.29. The van der Waals surface area contributed by atoms with Crippen molar-refractivity contribution in [3.8, 4) is 0 Å². The summed E-state index contributed by atoms with van der Waals surface area (Å²) in [7, 11) is 0. The zero-order valence-corrected chi connectivity index (χ0v) is 12.5. The fraction of sp³-hybridized carbons (Fsp3) is 0.467. The molecule has 1 aliphatic rings. The number of carboxylic acid groups (broad SMARTS) is 1. The Morgan fingerprint density at radius 2 is 2.15 bits per heavy atom. The van der Waals surface area contributed by atoms with Gasteiger partial charge in [0.1, 0.15) is 0 Å². The van der Waals surface area contributed by atoms with E-state index in [1.807, 2.05) is 18.2 Å². The van der Waals surface area contributed by atoms with E-state index in [2.05, 4.69) is 29.5 Å². The van der Waals surface area contributed by atoms with Crippen molar-refractivity contribution in [3.05, 3.63) is 24.3 Å². The maximum absolute atomic E-state index is 10.8. The average molecular weight is 290 g/mol. The molecule has 1 fully saturated rings. The molecule has 106 valence electrons. The first-order valence-corrected chi connectivity index (χ1v) is 7.81. The number of aliphatic carboxylic acids is 1. The van der Waals surface area contributed by atoms with Crippen LogP contribution in [0, 0.1) is 5.92 Å². The molecule has 1 N–H and O–H groups in total. The van der Waals surface area contributed by atoms with Crippen LogP contribution < -0.4 is 0 Å². The van der Waals surface area contributed by atoms with E-state index in [4.69, 9.17) is 5.11 Å². The molecule has 20 heavy (non-hydrogen) atoms. The number of fused-ring (bicyclic) bond motifs is 1. The van der Waals surface area contributed by atoms with Crippen LogP contribution in [0.1, 0.15) is 26.7 Å². The number of para-hydroxylation sites is 2. The van der Waals surface area contributed by atoms with Crippen molar-refractivity contribution in [2.75, 3.05) is 5.75 Å². The van der Waals surface area contributed by atoms with Crippen molar-refractivity contribution in [1.29, 1.82) is 0 Å². The topological polar surface area (TPSA) is 55.1 Å². The summed E-state index contributed by atoms with van der Waals surface area (Å²) in [5.74, 6) is -0.105. The van der Waals surface area contributed by atoms with Crippen LogP contribution >= 0.6 is 11.8 Å². The van der Waals surface area contributed by atoms with Gasteiger partial charge in [-0.1, -0.05) is 23.9 Å². The lowest BCUT2D eigenvalue weighted by Crippen LogP contribution is -2.29. The Morgan fingerprint density at radius 1 is 1.45 bits per heavy atom. The highest BCUT2D eigenvalue weighted by Gasteiger charge is 2.41. The van der Waals surface area contributed by atoms with E-state index in [1.54, 1.807) is 0 Å². The Kier molecular flexibility index (Phi) is 3.24. The molecule has 3 rings (SSSR count). The Hall–Kier alpha value is -1.49. The van der Waals surface area contributed by atoms with Gasteiger partial charge in [-0.05, 0) is 44.7 Å². The minimum Gasteiger partial charge on any atom is -0.481 e. The summed E-state index contributed by atoms with van der Waals surface area (Å²) in [5, 5.41) is 9.72. The fourth-order valence-electron chi connectivity index (χ4n) is 2.76. The fourth-order valence-corrected chi connectivity index (χ4v) is 3.63. The molecule has 1 saturated carbocycles. The lowest BCUT2D eigenvalue weighted by molar-refractivity contribution is -0.133. The van der Waals surface area contributed by atoms with Crippen LogP contribution in [-0.2, 0) is 10.3 Å². The molecule has 0 bridgehead atoms. The van der Waals surface area contributed by atoms with Gasteiger partial charge in [0.05, 0.1) is 16.8 Å². The van der Waals surface area contributed by atoms with Gasteiger partial charge >= 0.3 is 5.97 Å². The highest BCUT2D eigenvalue weighted by Crippen LogP contribution is 2.46. The van der Waals surface area contributed by atoms with Crippen LogP contribution in [0.3, 0.4) is 0 Å². The summed E-state index contributed by atoms with van der Waals surface area (Å²) >= 11 is 1.31. The molecular formula is C15H18N2O2S. The van der Waals surface area contributed by atoms with Crippen LogP contribution in [0.4, 0.5) is 0 Å². The van der Waals surface area contributed by atoms with Crippen LogP contribution in [-0.4, -0.2) is 26.4 Å². The van der Waals surface area contributed by atoms with E-state index >= 15 is 0 Å². The van der Waals surface area contributed by atoms with Crippen molar-refractivity contribution in [3.63, 3.8) is 0 Å². The van der Waals surface area contributed by atoms with Gasteiger partial charge in [-0.25, -0.2) is 4.98 Å². The molecule has 0 spiro atoms. The highest BCUT2D eigenvalue weighted by molar-refractivity contribution is 7.99. The van der Waals surface area contributed by atoms with Crippen LogP contribution in [0.5, 0.6) is 0 Å². The molecule has 1 aromatic carbocycles. The van der Waals surface area contributed by atoms with Gasteiger partial charge in [0.25, 0.3) is 0 Å². The molecule has 0 radical (unpaired) electrons. The van der Waals surface area contributed by atoms with E-state index in [1.165, 1.54) is 24.6 Å². The number of carboxylic acids is 1. The standard InChI is InChI=1S/C15H18N2O2S/c1-15(2,10-7-8-10)17-12-6-4-3-5-11(12)16-14(17)20-9-13(18)19/h3-6,10H,7-9H2,1-2H3,(H,18,19). The van der Waals surface area contributed by atoms with Crippen LogP contribution in [0.25, 0.3) is 11.0 Å². The number of carbonyl (C=O) groups is 1. The first-order chi connectivity index (χ1) is 9.50. The Balaban J connectivity index is 2.10. The lowest BCUT2D eigenvalue weighted by atomic mass is 9.98. The summed E-state index contributed by atoms with van der Waals surface area (Å²) in [6.45, 7) is 4.45. The Labute approximate surface area is 122 Å². The number of hydrogen-bond donors (Lipinski definition) is 1. The van der Waals surface area contributed by atoms with Gasteiger partial charge in [0.2, 0.25) is 0 Å². The quantitative estimate of drug-likeness (QED) is 0.858. The number of nitrogens with zero attached hydrogens (tertiary/aromatic N) is 2. The number of aromatic nitrogens is 2. The predicted molar refractivity (Wildman–Crippen MR) is 80.1 cm³/mol. The predicted octanol–water partition coefficient (Wildman–Crippen LogP) is 3.36. The van der Waals surface area contributed by atoms with E-state index in [9.17, 15) is 4.79 Å².